The molecule has 116 valence electrons. The van der Waals surface area contributed by atoms with Gasteiger partial charge in [-0.1, -0.05) is 41.1 Å². The van der Waals surface area contributed by atoms with E-state index in [1.54, 1.807) is 11.8 Å². The van der Waals surface area contributed by atoms with Gasteiger partial charge in [0, 0.05) is 11.7 Å². The second-order valence-electron chi connectivity index (χ2n) is 6.07. The zero-order valence-corrected chi connectivity index (χ0v) is 12.9. The van der Waals surface area contributed by atoms with Crippen LogP contribution in [0.4, 0.5) is 0 Å². The molecule has 1 N–H and O–H groups in total. The lowest BCUT2D eigenvalue weighted by Crippen LogP contribution is -2.65. The Hall–Kier alpha value is -2.01. The first-order valence-corrected chi connectivity index (χ1v) is 7.76. The van der Waals surface area contributed by atoms with Gasteiger partial charge in [0.2, 0.25) is 5.91 Å². The molecule has 2 aliphatic carbocycles. The van der Waals surface area contributed by atoms with Crippen molar-refractivity contribution in [1.82, 2.24) is 10.2 Å². The van der Waals surface area contributed by atoms with Gasteiger partial charge in [0.25, 0.3) is 0 Å². The molecule has 0 saturated carbocycles. The SMILES string of the molecule is CC1=CC=CC2NC(C(C)N=O)N(C3=CCCC=C3)C(=O)C12. The molecule has 0 aromatic rings. The maximum absolute atomic E-state index is 13.1. The number of carbonyl (C=O) groups excluding carboxylic acids is 1. The second kappa shape index (κ2) is 6.01. The van der Waals surface area contributed by atoms with E-state index in [0.29, 0.717) is 0 Å². The van der Waals surface area contributed by atoms with Crippen molar-refractivity contribution in [3.8, 4) is 0 Å². The van der Waals surface area contributed by atoms with Gasteiger partial charge < -0.3 is 0 Å². The maximum atomic E-state index is 13.1. The van der Waals surface area contributed by atoms with E-state index >= 15 is 0 Å². The molecule has 1 amide bonds. The van der Waals surface area contributed by atoms with E-state index in [1.165, 1.54) is 0 Å². The molecule has 0 spiro atoms. The van der Waals surface area contributed by atoms with Crippen LogP contribution in [-0.4, -0.2) is 29.1 Å². The molecule has 0 aromatic heterocycles. The van der Waals surface area contributed by atoms with Crippen LogP contribution < -0.4 is 5.32 Å². The highest BCUT2D eigenvalue weighted by molar-refractivity contribution is 5.86. The second-order valence-corrected chi connectivity index (χ2v) is 6.07. The van der Waals surface area contributed by atoms with Crippen LogP contribution in [0.15, 0.2) is 52.9 Å². The number of allylic oxidation sites excluding steroid dienone is 5. The number of hydrogen-bond donors (Lipinski definition) is 1. The molecule has 1 heterocycles. The van der Waals surface area contributed by atoms with Crippen LogP contribution in [0.5, 0.6) is 0 Å². The van der Waals surface area contributed by atoms with Crippen LogP contribution in [0.3, 0.4) is 0 Å². The van der Waals surface area contributed by atoms with Crippen molar-refractivity contribution in [3.63, 3.8) is 0 Å². The van der Waals surface area contributed by atoms with Gasteiger partial charge in [-0.2, -0.15) is 4.91 Å². The molecule has 3 aliphatic rings. The van der Waals surface area contributed by atoms with Gasteiger partial charge >= 0.3 is 0 Å². The highest BCUT2D eigenvalue weighted by atomic mass is 16.3. The summed E-state index contributed by atoms with van der Waals surface area (Å²) in [6, 6.07) is -0.586. The highest BCUT2D eigenvalue weighted by Crippen LogP contribution is 2.32. The van der Waals surface area contributed by atoms with Crippen molar-refractivity contribution < 1.29 is 4.79 Å². The monoisotopic (exact) mass is 299 g/mol. The minimum atomic E-state index is -0.513. The molecule has 1 aliphatic heterocycles. The van der Waals surface area contributed by atoms with Crippen LogP contribution in [0.1, 0.15) is 26.7 Å². The van der Waals surface area contributed by atoms with Crippen LogP contribution in [0.2, 0.25) is 0 Å². The Kier molecular flexibility index (Phi) is 4.07. The third kappa shape index (κ3) is 2.46. The van der Waals surface area contributed by atoms with E-state index in [2.05, 4.69) is 22.6 Å². The standard InChI is InChI=1S/C17H21N3O2/c1-11-7-6-10-14-15(11)17(21)20(13-8-4-3-5-9-13)16(18-14)12(2)19-22/h4,6-10,12,14-16,18H,3,5H2,1-2H3. The summed E-state index contributed by atoms with van der Waals surface area (Å²) in [7, 11) is 0. The number of rotatable bonds is 3. The number of nitrogens with one attached hydrogen (secondary N) is 1. The molecular weight excluding hydrogens is 278 g/mol. The molecule has 1 saturated heterocycles. The fraction of sp³-hybridized carbons (Fsp3) is 0.471. The van der Waals surface area contributed by atoms with Crippen LogP contribution >= 0.6 is 0 Å². The normalized spacial score (nSPS) is 32.2. The van der Waals surface area contributed by atoms with Gasteiger partial charge in [-0.05, 0) is 32.8 Å². The Balaban J connectivity index is 1.99. The number of fused-ring (bicyclic) bond motifs is 1. The lowest BCUT2D eigenvalue weighted by atomic mass is 9.83. The maximum Gasteiger partial charge on any atom is 0.237 e. The van der Waals surface area contributed by atoms with Crippen LogP contribution in [0, 0.1) is 10.8 Å². The summed E-state index contributed by atoms with van der Waals surface area (Å²) in [6.45, 7) is 3.72. The Morgan fingerprint density at radius 3 is 2.91 bits per heavy atom. The molecule has 0 bridgehead atoms. The first-order chi connectivity index (χ1) is 10.6. The molecule has 1 fully saturated rings. The first-order valence-electron chi connectivity index (χ1n) is 7.76. The lowest BCUT2D eigenvalue weighted by Gasteiger charge is -2.46. The van der Waals surface area contributed by atoms with E-state index < -0.39 is 12.2 Å². The average Bonchev–Trinajstić information content (AvgIpc) is 2.54. The highest BCUT2D eigenvalue weighted by Gasteiger charge is 2.45. The van der Waals surface area contributed by atoms with Crippen LogP contribution in [-0.2, 0) is 4.79 Å². The van der Waals surface area contributed by atoms with Gasteiger partial charge in [-0.3, -0.25) is 15.0 Å². The molecule has 4 unspecified atom stereocenters. The third-order valence-electron chi connectivity index (χ3n) is 4.55. The van der Waals surface area contributed by atoms with Crippen molar-refractivity contribution >= 4 is 5.91 Å². The summed E-state index contributed by atoms with van der Waals surface area (Å²) in [5.74, 6) is -0.170. The fourth-order valence-corrected chi connectivity index (χ4v) is 3.36. The van der Waals surface area contributed by atoms with Crippen molar-refractivity contribution in [2.75, 3.05) is 0 Å². The lowest BCUT2D eigenvalue weighted by molar-refractivity contribution is -0.139. The molecule has 0 radical (unpaired) electrons. The molecular formula is C17H21N3O2. The van der Waals surface area contributed by atoms with E-state index in [0.717, 1.165) is 24.1 Å². The topological polar surface area (TPSA) is 61.8 Å². The van der Waals surface area contributed by atoms with Gasteiger partial charge in [-0.25, -0.2) is 0 Å². The fourth-order valence-electron chi connectivity index (χ4n) is 3.36. The van der Waals surface area contributed by atoms with Gasteiger partial charge in [-0.15, -0.1) is 0 Å². The predicted molar refractivity (Wildman–Crippen MR) is 85.7 cm³/mol. The summed E-state index contributed by atoms with van der Waals surface area (Å²) in [4.78, 5) is 25.9. The van der Waals surface area contributed by atoms with Crippen LogP contribution in [0.25, 0.3) is 0 Å². The molecule has 5 heteroatoms. The van der Waals surface area contributed by atoms with Crippen molar-refractivity contribution in [2.45, 2.75) is 44.9 Å². The summed E-state index contributed by atoms with van der Waals surface area (Å²) < 4.78 is 0. The first kappa shape index (κ1) is 14.9. The molecule has 22 heavy (non-hydrogen) atoms. The van der Waals surface area contributed by atoms with Gasteiger partial charge in [0.15, 0.2) is 0 Å². The minimum Gasteiger partial charge on any atom is -0.294 e. The summed E-state index contributed by atoms with van der Waals surface area (Å²) in [5.41, 5.74) is 1.91. The third-order valence-corrected chi connectivity index (χ3v) is 4.55. The average molecular weight is 299 g/mol. The van der Waals surface area contributed by atoms with Gasteiger partial charge in [0.1, 0.15) is 12.2 Å². The number of carbonyl (C=O) groups is 1. The number of nitrogens with zero attached hydrogens (tertiary/aromatic N) is 2. The Labute approximate surface area is 130 Å². The largest absolute Gasteiger partial charge is 0.294 e. The molecule has 0 aromatic carbocycles. The number of hydrogen-bond acceptors (Lipinski definition) is 4. The predicted octanol–water partition coefficient (Wildman–Crippen LogP) is 2.63. The van der Waals surface area contributed by atoms with E-state index in [-0.39, 0.29) is 17.9 Å². The molecule has 4 atom stereocenters. The molecule has 3 rings (SSSR count). The quantitative estimate of drug-likeness (QED) is 0.815. The van der Waals surface area contributed by atoms with Gasteiger partial charge in [0.05, 0.1) is 5.92 Å². The number of amides is 1. The summed E-state index contributed by atoms with van der Waals surface area (Å²) >= 11 is 0. The van der Waals surface area contributed by atoms with E-state index in [1.807, 2.05) is 31.2 Å². The van der Waals surface area contributed by atoms with Crippen molar-refractivity contribution in [2.24, 2.45) is 11.1 Å². The smallest absolute Gasteiger partial charge is 0.237 e. The molecule has 5 nitrogen and oxygen atoms in total. The summed E-state index contributed by atoms with van der Waals surface area (Å²) in [6.07, 6.45) is 13.5. The Morgan fingerprint density at radius 1 is 1.41 bits per heavy atom. The van der Waals surface area contributed by atoms with Crippen molar-refractivity contribution in [3.05, 3.63) is 52.6 Å². The van der Waals surface area contributed by atoms with Crippen molar-refractivity contribution in [1.29, 1.82) is 0 Å². The zero-order valence-electron chi connectivity index (χ0n) is 12.9. The minimum absolute atomic E-state index is 0.0418. The van der Waals surface area contributed by atoms with E-state index in [4.69, 9.17) is 0 Å². The van der Waals surface area contributed by atoms with E-state index in [9.17, 15) is 9.70 Å². The number of nitroso groups, excluding NO2 is 1. The Bertz CT molecular complexity index is 603. The summed E-state index contributed by atoms with van der Waals surface area (Å²) in [5, 5.41) is 6.58. The zero-order chi connectivity index (χ0) is 15.7. The Morgan fingerprint density at radius 2 is 2.23 bits per heavy atom.